The van der Waals surface area contributed by atoms with Crippen LogP contribution in [0.15, 0.2) is 72.8 Å². The topological polar surface area (TPSA) is 175 Å². The lowest BCUT2D eigenvalue weighted by Gasteiger charge is -2.44. The first-order valence-corrected chi connectivity index (χ1v) is 23.2. The van der Waals surface area contributed by atoms with Gasteiger partial charge in [0.05, 0.1) is 17.2 Å². The number of imide groups is 2. The highest BCUT2D eigenvalue weighted by Gasteiger charge is 2.45. The zero-order valence-electron chi connectivity index (χ0n) is 36.3. The van der Waals surface area contributed by atoms with Gasteiger partial charge in [-0.2, -0.15) is 5.10 Å². The first kappa shape index (κ1) is 42.1. The van der Waals surface area contributed by atoms with Crippen molar-refractivity contribution in [3.63, 3.8) is 0 Å². The maximum Gasteiger partial charge on any atom is 0.262 e. The number of primary amides is 1. The number of carbonyl (C=O) groups is 5. The van der Waals surface area contributed by atoms with Gasteiger partial charge in [0, 0.05) is 37.7 Å². The number of hydrogen-bond acceptors (Lipinski definition) is 11. The molecule has 6 aliphatic heterocycles. The smallest absolute Gasteiger partial charge is 0.262 e. The molecule has 3 aromatic carbocycles. The Morgan fingerprint density at radius 2 is 1.41 bits per heavy atom. The number of hydrogen-bond donors (Lipinski definition) is 3. The van der Waals surface area contributed by atoms with Crippen molar-refractivity contribution in [3.05, 3.63) is 95.1 Å². The van der Waals surface area contributed by atoms with Crippen LogP contribution >= 0.6 is 0 Å². The van der Waals surface area contributed by atoms with Crippen molar-refractivity contribution in [2.24, 2.45) is 11.7 Å². The third kappa shape index (κ3) is 8.32. The predicted octanol–water partition coefficient (Wildman–Crippen LogP) is 5.26. The van der Waals surface area contributed by atoms with Crippen LogP contribution in [0.3, 0.4) is 0 Å². The zero-order valence-corrected chi connectivity index (χ0v) is 36.3. The highest BCUT2D eigenvalue weighted by molar-refractivity contribution is 6.23. The number of aromatic nitrogens is 2. The Labute approximate surface area is 373 Å². The second-order valence-corrected chi connectivity index (χ2v) is 18.4. The number of nitrogens with two attached hydrogens (primary N) is 1. The Morgan fingerprint density at radius 1 is 0.734 bits per heavy atom. The number of fused-ring (bicyclic) bond motifs is 2. The molecule has 7 heterocycles. The van der Waals surface area contributed by atoms with E-state index in [-0.39, 0.29) is 24.8 Å². The van der Waals surface area contributed by atoms with Crippen LogP contribution in [0.25, 0.3) is 11.3 Å². The molecular weight excluding hydrogens is 811 g/mol. The molecular formula is C49H57N9O6. The summed E-state index contributed by atoms with van der Waals surface area (Å²) >= 11 is 0. The molecule has 1 unspecified atom stereocenters. The van der Waals surface area contributed by atoms with Gasteiger partial charge in [-0.1, -0.05) is 24.3 Å². The maximum atomic E-state index is 13.4. The molecule has 1 aromatic heterocycles. The van der Waals surface area contributed by atoms with Gasteiger partial charge in [-0.3, -0.25) is 34.2 Å². The second-order valence-electron chi connectivity index (χ2n) is 18.4. The fraction of sp³-hybridized carbons (Fsp3) is 0.469. The van der Waals surface area contributed by atoms with Gasteiger partial charge in [-0.25, -0.2) is 4.68 Å². The largest absolute Gasteiger partial charge is 0.457 e. The summed E-state index contributed by atoms with van der Waals surface area (Å²) in [6, 6.07) is 22.8. The summed E-state index contributed by atoms with van der Waals surface area (Å²) < 4.78 is 8.06. The van der Waals surface area contributed by atoms with Crippen LogP contribution in [-0.4, -0.2) is 130 Å². The number of nitrogens with zero attached hydrogens (tertiary/aromatic N) is 6. The molecule has 4 saturated heterocycles. The van der Waals surface area contributed by atoms with Gasteiger partial charge < -0.3 is 30.5 Å². The third-order valence-electron chi connectivity index (χ3n) is 14.8. The van der Waals surface area contributed by atoms with E-state index in [9.17, 15) is 24.0 Å². The molecule has 6 aliphatic rings. The van der Waals surface area contributed by atoms with E-state index in [1.165, 1.54) is 12.8 Å². The number of rotatable bonds is 11. The lowest BCUT2D eigenvalue weighted by atomic mass is 9.85. The van der Waals surface area contributed by atoms with Gasteiger partial charge in [-0.15, -0.1) is 0 Å². The molecule has 15 nitrogen and oxygen atoms in total. The van der Waals surface area contributed by atoms with E-state index in [0.717, 1.165) is 119 Å². The summed E-state index contributed by atoms with van der Waals surface area (Å²) in [5.41, 5.74) is 9.66. The summed E-state index contributed by atoms with van der Waals surface area (Å²) in [7, 11) is 0. The highest BCUT2D eigenvalue weighted by Crippen LogP contribution is 2.41. The summed E-state index contributed by atoms with van der Waals surface area (Å²) in [5, 5.41) is 10.8. The quantitative estimate of drug-likeness (QED) is 0.168. The van der Waals surface area contributed by atoms with Crippen molar-refractivity contribution in [2.75, 3.05) is 64.2 Å². The molecule has 5 amide bonds. The van der Waals surface area contributed by atoms with E-state index in [4.69, 9.17) is 15.6 Å². The molecule has 0 saturated carbocycles. The number of amides is 5. The van der Waals surface area contributed by atoms with Gasteiger partial charge in [0.25, 0.3) is 17.7 Å². The molecule has 10 rings (SSSR count). The normalized spacial score (nSPS) is 23.2. The van der Waals surface area contributed by atoms with Crippen molar-refractivity contribution < 1.29 is 28.7 Å². The molecule has 4 fully saturated rings. The Morgan fingerprint density at radius 3 is 2.09 bits per heavy atom. The van der Waals surface area contributed by atoms with Crippen LogP contribution in [0.2, 0.25) is 0 Å². The van der Waals surface area contributed by atoms with E-state index in [0.29, 0.717) is 46.0 Å². The van der Waals surface area contributed by atoms with Crippen molar-refractivity contribution in [2.45, 2.75) is 81.8 Å². The standard InChI is InChI=1S/C49H57N9O6/c50-45(60)43-44(33-6-9-37(10-7-33)64-36-4-2-1-3-5-36)53-58-40(14-21-51-46(43)58)32-17-26-56(27-18-32)35-19-24-55(25-20-35)29-28-54-22-15-31(16-23-54)34-8-11-38-39(30-34)49(63)57(48(38)62)41-12-13-42(59)52-47(41)61/h1-11,30-32,35,40-41,51H,12-29H2,(H2,50,60)(H,52,59,61)/t40-,41?/m0/s1. The van der Waals surface area contributed by atoms with E-state index in [1.807, 2.05) is 66.7 Å². The maximum absolute atomic E-state index is 13.4. The SMILES string of the molecule is NC(=O)c1c(-c2ccc(Oc3ccccc3)cc2)nn2c1NCC[C@H]2C1CCN(C2CCN(CCN3CCC(c4ccc5c(c4)C(=O)N(C4CCC(=O)NC4=O)C5=O)CC3)CC2)CC1. The summed E-state index contributed by atoms with van der Waals surface area (Å²) in [6.45, 7) is 9.25. The summed E-state index contributed by atoms with van der Waals surface area (Å²) in [4.78, 5) is 72.5. The molecule has 2 atom stereocenters. The molecule has 4 N–H and O–H groups in total. The number of benzene rings is 3. The van der Waals surface area contributed by atoms with Gasteiger partial charge in [0.1, 0.15) is 34.6 Å². The molecule has 15 heteroatoms. The molecule has 0 aliphatic carbocycles. The third-order valence-corrected chi connectivity index (χ3v) is 14.8. The van der Waals surface area contributed by atoms with Crippen molar-refractivity contribution in [3.8, 4) is 22.8 Å². The lowest BCUT2D eigenvalue weighted by Crippen LogP contribution is -2.54. The van der Waals surface area contributed by atoms with Crippen molar-refractivity contribution >= 4 is 35.4 Å². The van der Waals surface area contributed by atoms with Crippen LogP contribution in [0.5, 0.6) is 11.5 Å². The lowest BCUT2D eigenvalue weighted by molar-refractivity contribution is -0.136. The monoisotopic (exact) mass is 867 g/mol. The molecule has 334 valence electrons. The Kier molecular flexibility index (Phi) is 11.8. The van der Waals surface area contributed by atoms with Crippen molar-refractivity contribution in [1.82, 2.24) is 34.7 Å². The number of piperidine rings is 4. The van der Waals surface area contributed by atoms with Crippen molar-refractivity contribution in [1.29, 1.82) is 0 Å². The van der Waals surface area contributed by atoms with Gasteiger partial charge in [-0.05, 0) is 157 Å². The predicted molar refractivity (Wildman–Crippen MR) is 240 cm³/mol. The van der Waals surface area contributed by atoms with Crippen LogP contribution in [0.4, 0.5) is 5.82 Å². The molecule has 0 spiro atoms. The Hall–Kier alpha value is -5.90. The van der Waals surface area contributed by atoms with E-state index >= 15 is 0 Å². The minimum atomic E-state index is -0.952. The number of carbonyl (C=O) groups excluding carboxylic acids is 5. The fourth-order valence-electron chi connectivity index (χ4n) is 11.2. The van der Waals surface area contributed by atoms with Gasteiger partial charge in [0.2, 0.25) is 11.8 Å². The average Bonchev–Trinajstić information content (AvgIpc) is 3.84. The minimum Gasteiger partial charge on any atom is -0.457 e. The number of nitrogens with one attached hydrogen (secondary N) is 2. The van der Waals surface area contributed by atoms with E-state index in [2.05, 4.69) is 30.0 Å². The van der Waals surface area contributed by atoms with Gasteiger partial charge >= 0.3 is 0 Å². The van der Waals surface area contributed by atoms with Crippen LogP contribution < -0.4 is 21.1 Å². The number of likely N-dealkylation sites (tertiary alicyclic amines) is 3. The zero-order chi connectivity index (χ0) is 43.9. The number of ether oxygens (including phenoxy) is 1. The number of anilines is 1. The molecule has 0 radical (unpaired) electrons. The van der Waals surface area contributed by atoms with E-state index in [1.54, 1.807) is 6.07 Å². The van der Waals surface area contributed by atoms with Crippen LogP contribution in [0, 0.1) is 5.92 Å². The van der Waals surface area contributed by atoms with Crippen LogP contribution in [0.1, 0.15) is 106 Å². The Bertz CT molecular complexity index is 2410. The summed E-state index contributed by atoms with van der Waals surface area (Å²) in [6.07, 6.45) is 7.78. The molecule has 64 heavy (non-hydrogen) atoms. The minimum absolute atomic E-state index is 0.107. The van der Waals surface area contributed by atoms with Gasteiger partial charge in [0.15, 0.2) is 0 Å². The average molecular weight is 868 g/mol. The molecule has 4 aromatic rings. The number of para-hydroxylation sites is 1. The first-order chi connectivity index (χ1) is 31.2. The fourth-order valence-corrected chi connectivity index (χ4v) is 11.2. The highest BCUT2D eigenvalue weighted by atomic mass is 16.5. The van der Waals surface area contributed by atoms with Crippen LogP contribution in [-0.2, 0) is 9.59 Å². The molecule has 0 bridgehead atoms. The Balaban J connectivity index is 0.678. The first-order valence-electron chi connectivity index (χ1n) is 23.2. The van der Waals surface area contributed by atoms with E-state index < -0.39 is 29.7 Å². The summed E-state index contributed by atoms with van der Waals surface area (Å²) in [5.74, 6) is 0.634. The second kappa shape index (κ2) is 17.9.